The van der Waals surface area contributed by atoms with E-state index >= 15 is 0 Å². The van der Waals surface area contributed by atoms with Crippen molar-refractivity contribution in [2.24, 2.45) is 5.10 Å². The summed E-state index contributed by atoms with van der Waals surface area (Å²) in [5.74, 6) is 0.320. The smallest absolute Gasteiger partial charge is 0.250 e. The molecule has 2 aromatic carbocycles. The highest BCUT2D eigenvalue weighted by Crippen LogP contribution is 2.32. The minimum absolute atomic E-state index is 0.0541. The van der Waals surface area contributed by atoms with Crippen LogP contribution in [0.5, 0.6) is 11.5 Å². The van der Waals surface area contributed by atoms with Gasteiger partial charge in [-0.3, -0.25) is 4.79 Å². The minimum Gasteiger partial charge on any atom is -0.508 e. The van der Waals surface area contributed by atoms with E-state index in [0.29, 0.717) is 15.7 Å². The molecule has 0 saturated heterocycles. The maximum atomic E-state index is 11.9. The van der Waals surface area contributed by atoms with Gasteiger partial charge in [-0.05, 0) is 23.8 Å². The van der Waals surface area contributed by atoms with Gasteiger partial charge in [-0.1, -0.05) is 64.7 Å². The van der Waals surface area contributed by atoms with Gasteiger partial charge in [0.1, 0.15) is 11.5 Å². The van der Waals surface area contributed by atoms with Gasteiger partial charge >= 0.3 is 0 Å². The molecule has 1 amide bonds. The van der Waals surface area contributed by atoms with Gasteiger partial charge in [-0.2, -0.15) is 5.10 Å². The first-order chi connectivity index (χ1) is 14.0. The molecule has 29 heavy (non-hydrogen) atoms. The van der Waals surface area contributed by atoms with Gasteiger partial charge in [0.2, 0.25) is 0 Å². The van der Waals surface area contributed by atoms with Crippen LogP contribution in [0.4, 0.5) is 0 Å². The third-order valence-corrected chi connectivity index (χ3v) is 7.04. The molecule has 0 radical (unpaired) electrons. The number of hydrazone groups is 1. The normalized spacial score (nSPS) is 11.1. The Morgan fingerprint density at radius 2 is 1.93 bits per heavy atom. The van der Waals surface area contributed by atoms with Crippen LogP contribution in [0.25, 0.3) is 0 Å². The van der Waals surface area contributed by atoms with Crippen LogP contribution < -0.4 is 5.43 Å². The summed E-state index contributed by atoms with van der Waals surface area (Å²) >= 11 is 10.4. The van der Waals surface area contributed by atoms with E-state index in [1.54, 1.807) is 0 Å². The monoisotopic (exact) mass is 466 g/mol. The number of phenolic OH excluding ortho intramolecular Hbond substituents is 2. The van der Waals surface area contributed by atoms with Crippen molar-refractivity contribution in [1.29, 1.82) is 0 Å². The molecule has 0 bridgehead atoms. The standard InChI is InChI=1S/C18H15ClN4O3S3/c19-14-4-2-1-3-12(14)9-27-17-22-23-18(29-17)28-10-16(26)21-20-8-11-5-6-13(24)7-15(11)25/h1-8,24-25H,9-10H2,(H,21,26)/b20-8-. The van der Waals surface area contributed by atoms with Gasteiger partial charge in [0.25, 0.3) is 5.91 Å². The molecule has 0 atom stereocenters. The Balaban J connectivity index is 1.43. The molecule has 0 aliphatic rings. The number of amides is 1. The molecule has 0 aliphatic heterocycles. The Hall–Kier alpha value is -2.27. The average molecular weight is 467 g/mol. The van der Waals surface area contributed by atoms with Crippen molar-refractivity contribution in [1.82, 2.24) is 15.6 Å². The van der Waals surface area contributed by atoms with Crippen molar-refractivity contribution in [2.75, 3.05) is 5.75 Å². The quantitative estimate of drug-likeness (QED) is 0.260. The van der Waals surface area contributed by atoms with Gasteiger partial charge in [-0.25, -0.2) is 5.43 Å². The molecule has 0 aliphatic carbocycles. The van der Waals surface area contributed by atoms with Crippen molar-refractivity contribution in [3.05, 3.63) is 58.6 Å². The lowest BCUT2D eigenvalue weighted by Crippen LogP contribution is -2.19. The van der Waals surface area contributed by atoms with E-state index in [2.05, 4.69) is 20.7 Å². The summed E-state index contributed by atoms with van der Waals surface area (Å²) in [6, 6.07) is 11.7. The molecule has 3 N–H and O–H groups in total. The fourth-order valence-corrected chi connectivity index (χ4v) is 5.14. The maximum absolute atomic E-state index is 11.9. The Morgan fingerprint density at radius 1 is 1.17 bits per heavy atom. The predicted octanol–water partition coefficient (Wildman–Crippen LogP) is 4.14. The number of thioether (sulfide) groups is 2. The van der Waals surface area contributed by atoms with Crippen molar-refractivity contribution >= 4 is 58.6 Å². The number of carbonyl (C=O) groups is 1. The summed E-state index contributed by atoms with van der Waals surface area (Å²) in [5, 5.41) is 31.6. The zero-order valence-electron chi connectivity index (χ0n) is 14.8. The van der Waals surface area contributed by atoms with Crippen LogP contribution in [0.2, 0.25) is 5.02 Å². The number of carbonyl (C=O) groups excluding carboxylic acids is 1. The van der Waals surface area contributed by atoms with Gasteiger partial charge < -0.3 is 10.2 Å². The van der Waals surface area contributed by atoms with Crippen molar-refractivity contribution in [2.45, 2.75) is 14.4 Å². The Morgan fingerprint density at radius 3 is 2.69 bits per heavy atom. The van der Waals surface area contributed by atoms with E-state index in [0.717, 1.165) is 14.9 Å². The van der Waals surface area contributed by atoms with Crippen molar-refractivity contribution in [3.8, 4) is 11.5 Å². The molecule has 1 aromatic heterocycles. The summed E-state index contributed by atoms with van der Waals surface area (Å²) in [5.41, 5.74) is 3.78. The maximum Gasteiger partial charge on any atom is 0.250 e. The second-order valence-electron chi connectivity index (χ2n) is 5.54. The Kier molecular flexibility index (Phi) is 7.76. The molecule has 150 valence electrons. The Labute approximate surface area is 184 Å². The lowest BCUT2D eigenvalue weighted by atomic mass is 10.2. The minimum atomic E-state index is -0.315. The van der Waals surface area contributed by atoms with Crippen LogP contribution in [0.1, 0.15) is 11.1 Å². The average Bonchev–Trinajstić information content (AvgIpc) is 3.15. The number of aromatic nitrogens is 2. The fraction of sp³-hybridized carbons (Fsp3) is 0.111. The van der Waals surface area contributed by atoms with Crippen LogP contribution in [0.3, 0.4) is 0 Å². The zero-order chi connectivity index (χ0) is 20.6. The molecule has 0 saturated carbocycles. The first-order valence-electron chi connectivity index (χ1n) is 8.17. The number of phenols is 2. The molecular weight excluding hydrogens is 452 g/mol. The second-order valence-corrected chi connectivity index (χ2v) is 9.37. The highest BCUT2D eigenvalue weighted by atomic mass is 35.5. The number of aromatic hydroxyl groups is 2. The summed E-state index contributed by atoms with van der Waals surface area (Å²) in [6.45, 7) is 0. The van der Waals surface area contributed by atoms with Gasteiger partial charge in [0.15, 0.2) is 8.68 Å². The van der Waals surface area contributed by atoms with Gasteiger partial charge in [0, 0.05) is 22.4 Å². The number of benzene rings is 2. The number of halogens is 1. The lowest BCUT2D eigenvalue weighted by molar-refractivity contribution is -0.118. The zero-order valence-corrected chi connectivity index (χ0v) is 18.0. The first kappa shape index (κ1) is 21.4. The van der Waals surface area contributed by atoms with Crippen LogP contribution in [-0.2, 0) is 10.5 Å². The molecule has 3 aromatic rings. The topological polar surface area (TPSA) is 108 Å². The van der Waals surface area contributed by atoms with Crippen LogP contribution in [0, 0.1) is 0 Å². The summed E-state index contributed by atoms with van der Waals surface area (Å²) in [7, 11) is 0. The van der Waals surface area contributed by atoms with E-state index in [-0.39, 0.29) is 23.2 Å². The van der Waals surface area contributed by atoms with Crippen LogP contribution >= 0.6 is 46.5 Å². The third-order valence-electron chi connectivity index (χ3n) is 3.43. The summed E-state index contributed by atoms with van der Waals surface area (Å²) < 4.78 is 1.48. The first-order valence-corrected chi connectivity index (χ1v) is 11.3. The van der Waals surface area contributed by atoms with Gasteiger partial charge in [0.05, 0.1) is 12.0 Å². The molecule has 0 spiro atoms. The number of nitrogens with one attached hydrogen (secondary N) is 1. The SMILES string of the molecule is O=C(CSc1nnc(SCc2ccccc2Cl)s1)N/N=C\c1ccc(O)cc1O. The van der Waals surface area contributed by atoms with E-state index in [1.165, 1.54) is 59.3 Å². The third kappa shape index (κ3) is 6.64. The number of rotatable bonds is 8. The molecule has 3 rings (SSSR count). The summed E-state index contributed by atoms with van der Waals surface area (Å²) in [4.78, 5) is 11.9. The molecular formula is C18H15ClN4O3S3. The van der Waals surface area contributed by atoms with Gasteiger partial charge in [-0.15, -0.1) is 10.2 Å². The largest absolute Gasteiger partial charge is 0.508 e. The summed E-state index contributed by atoms with van der Waals surface area (Å²) in [6.07, 6.45) is 1.30. The fourth-order valence-electron chi connectivity index (χ4n) is 2.04. The molecule has 0 fully saturated rings. The van der Waals surface area contributed by atoms with E-state index < -0.39 is 0 Å². The van der Waals surface area contributed by atoms with E-state index in [1.807, 2.05) is 24.3 Å². The molecule has 11 heteroatoms. The second kappa shape index (κ2) is 10.5. The highest BCUT2D eigenvalue weighted by Gasteiger charge is 2.09. The van der Waals surface area contributed by atoms with Crippen LogP contribution in [0.15, 0.2) is 56.2 Å². The highest BCUT2D eigenvalue weighted by molar-refractivity contribution is 8.03. The molecule has 7 nitrogen and oxygen atoms in total. The predicted molar refractivity (Wildman–Crippen MR) is 117 cm³/mol. The lowest BCUT2D eigenvalue weighted by Gasteiger charge is -2.00. The van der Waals surface area contributed by atoms with Crippen molar-refractivity contribution < 1.29 is 15.0 Å². The Bertz CT molecular complexity index is 1030. The van der Waals surface area contributed by atoms with Crippen molar-refractivity contribution in [3.63, 3.8) is 0 Å². The van der Waals surface area contributed by atoms with Crippen LogP contribution in [-0.4, -0.2) is 38.3 Å². The van der Waals surface area contributed by atoms with E-state index in [4.69, 9.17) is 11.6 Å². The van der Waals surface area contributed by atoms with E-state index in [9.17, 15) is 15.0 Å². The number of hydrogen-bond donors (Lipinski definition) is 3. The molecule has 0 unspecified atom stereocenters. The number of nitrogens with zero attached hydrogens (tertiary/aromatic N) is 3. The molecule has 1 heterocycles. The number of hydrogen-bond acceptors (Lipinski definition) is 9.